The van der Waals surface area contributed by atoms with Crippen LogP contribution in [0.3, 0.4) is 0 Å². The minimum absolute atomic E-state index is 0.483. The second-order valence-electron chi connectivity index (χ2n) is 0.974. The lowest BCUT2D eigenvalue weighted by Crippen LogP contribution is -2.14. The van der Waals surface area contributed by atoms with Crippen LogP contribution in [-0.4, -0.2) is 19.4 Å². The van der Waals surface area contributed by atoms with Crippen LogP contribution in [0.15, 0.2) is 0 Å². The molecule has 0 radical (unpaired) electrons. The first-order valence-corrected chi connectivity index (χ1v) is 2.06. The van der Waals surface area contributed by atoms with E-state index in [4.69, 9.17) is 0 Å². The number of carbonyl (C=O) groups excluding carboxylic acids is 1. The molecule has 0 aromatic rings. The molecule has 6 heavy (non-hydrogen) atoms. The smallest absolute Gasteiger partial charge is 0.133 e. The molecule has 0 aliphatic rings. The summed E-state index contributed by atoms with van der Waals surface area (Å²) >= 11 is 0. The van der Waals surface area contributed by atoms with Gasteiger partial charge in [-0.15, -0.1) is 0 Å². The molecule has 0 aliphatic carbocycles. The summed E-state index contributed by atoms with van der Waals surface area (Å²) in [5.41, 5.74) is 0. The maximum atomic E-state index is 9.50. The molecule has 0 spiro atoms. The van der Waals surface area contributed by atoms with Crippen LogP contribution in [0.4, 0.5) is 0 Å². The number of rotatable bonds is 3. The molecule has 0 aromatic heterocycles. The Morgan fingerprint density at radius 3 is 2.67 bits per heavy atom. The molecule has 0 aromatic carbocycles. The summed E-state index contributed by atoms with van der Waals surface area (Å²) in [5.74, 6) is 0. The molecule has 0 unspecified atom stereocenters. The highest BCUT2D eigenvalue weighted by Gasteiger charge is 1.70. The van der Waals surface area contributed by atoms with Gasteiger partial charge in [0.2, 0.25) is 0 Å². The van der Waals surface area contributed by atoms with Crippen molar-refractivity contribution in [3.05, 3.63) is 0 Å². The van der Waals surface area contributed by atoms with Crippen LogP contribution in [0, 0.1) is 0 Å². The highest BCUT2D eigenvalue weighted by molar-refractivity contribution is 5.51. The molecule has 0 atom stereocenters. The van der Waals surface area contributed by atoms with E-state index >= 15 is 0 Å². The Kier molecular flexibility index (Phi) is 4.34. The summed E-state index contributed by atoms with van der Waals surface area (Å²) in [6.45, 7) is 3.32. The van der Waals surface area contributed by atoms with E-state index in [1.807, 2.05) is 6.92 Å². The SMILES string of the molecule is CCNCC=O. The predicted octanol–water partition coefficient (Wildman–Crippen LogP) is -0.205. The monoisotopic (exact) mass is 87.1 g/mol. The zero-order valence-corrected chi connectivity index (χ0v) is 3.90. The van der Waals surface area contributed by atoms with E-state index in [1.165, 1.54) is 0 Å². The third kappa shape index (κ3) is 3.63. The zero-order chi connectivity index (χ0) is 4.83. The Labute approximate surface area is 37.5 Å². The fourth-order valence-electron chi connectivity index (χ4n) is 0.203. The highest BCUT2D eigenvalue weighted by atomic mass is 16.1. The molecule has 0 bridgehead atoms. The summed E-state index contributed by atoms with van der Waals surface area (Å²) in [6, 6.07) is 0. The Balaban J connectivity index is 2.49. The average Bonchev–Trinajstić information content (AvgIpc) is 1.61. The number of carbonyl (C=O) groups is 1. The van der Waals surface area contributed by atoms with Gasteiger partial charge in [-0.25, -0.2) is 0 Å². The van der Waals surface area contributed by atoms with E-state index in [0.717, 1.165) is 12.8 Å². The molecule has 36 valence electrons. The Hall–Kier alpha value is -0.370. The van der Waals surface area contributed by atoms with Gasteiger partial charge in [-0.05, 0) is 6.54 Å². The fraction of sp³-hybridized carbons (Fsp3) is 0.750. The number of aldehydes is 1. The second-order valence-corrected chi connectivity index (χ2v) is 0.974. The third-order valence-electron chi connectivity index (χ3n) is 0.478. The van der Waals surface area contributed by atoms with Crippen LogP contribution in [0.2, 0.25) is 0 Å². The third-order valence-corrected chi connectivity index (χ3v) is 0.478. The van der Waals surface area contributed by atoms with Crippen molar-refractivity contribution >= 4 is 6.29 Å². The van der Waals surface area contributed by atoms with E-state index < -0.39 is 0 Å². The van der Waals surface area contributed by atoms with Gasteiger partial charge < -0.3 is 10.1 Å². The number of hydrogen-bond acceptors (Lipinski definition) is 2. The molecule has 0 heterocycles. The van der Waals surface area contributed by atoms with Gasteiger partial charge >= 0.3 is 0 Å². The van der Waals surface area contributed by atoms with Crippen molar-refractivity contribution in [1.82, 2.24) is 5.32 Å². The Morgan fingerprint density at radius 1 is 1.83 bits per heavy atom. The van der Waals surface area contributed by atoms with Crippen molar-refractivity contribution in [2.45, 2.75) is 6.92 Å². The topological polar surface area (TPSA) is 29.1 Å². The molecule has 1 N–H and O–H groups in total. The van der Waals surface area contributed by atoms with Crippen molar-refractivity contribution in [2.24, 2.45) is 0 Å². The molecular weight excluding hydrogens is 78.0 g/mol. The first-order valence-electron chi connectivity index (χ1n) is 2.06. The van der Waals surface area contributed by atoms with E-state index in [2.05, 4.69) is 5.32 Å². The predicted molar refractivity (Wildman–Crippen MR) is 24.6 cm³/mol. The lowest BCUT2D eigenvalue weighted by Gasteiger charge is -1.85. The summed E-state index contributed by atoms with van der Waals surface area (Å²) < 4.78 is 0. The Morgan fingerprint density at radius 2 is 2.50 bits per heavy atom. The molecule has 0 saturated heterocycles. The van der Waals surface area contributed by atoms with Crippen LogP contribution in [-0.2, 0) is 4.79 Å². The number of hydrogen-bond donors (Lipinski definition) is 1. The van der Waals surface area contributed by atoms with Gasteiger partial charge in [0.05, 0.1) is 6.54 Å². The molecule has 0 fully saturated rings. The largest absolute Gasteiger partial charge is 0.311 e. The van der Waals surface area contributed by atoms with E-state index in [1.54, 1.807) is 0 Å². The minimum atomic E-state index is 0.483. The van der Waals surface area contributed by atoms with Gasteiger partial charge in [-0.3, -0.25) is 0 Å². The van der Waals surface area contributed by atoms with Crippen LogP contribution < -0.4 is 5.32 Å². The minimum Gasteiger partial charge on any atom is -0.311 e. The van der Waals surface area contributed by atoms with Gasteiger partial charge in [0.25, 0.3) is 0 Å². The summed E-state index contributed by atoms with van der Waals surface area (Å²) in [6.07, 6.45) is 0.851. The lowest BCUT2D eigenvalue weighted by atomic mass is 10.7. The van der Waals surface area contributed by atoms with E-state index in [0.29, 0.717) is 6.54 Å². The van der Waals surface area contributed by atoms with Crippen LogP contribution in [0.5, 0.6) is 0 Å². The Bertz CT molecular complexity index is 36.5. The van der Waals surface area contributed by atoms with Gasteiger partial charge in [-0.1, -0.05) is 6.92 Å². The van der Waals surface area contributed by atoms with Crippen LogP contribution in [0.25, 0.3) is 0 Å². The molecule has 0 amide bonds. The molecule has 0 aliphatic heterocycles. The van der Waals surface area contributed by atoms with Gasteiger partial charge in [0, 0.05) is 0 Å². The molecule has 2 heteroatoms. The van der Waals surface area contributed by atoms with Crippen molar-refractivity contribution < 1.29 is 4.79 Å². The average molecular weight is 87.1 g/mol. The standard InChI is InChI=1S/C4H9NO/c1-2-5-3-4-6/h4-5H,2-3H2,1H3. The molecule has 0 rings (SSSR count). The number of nitrogens with one attached hydrogen (secondary N) is 1. The maximum Gasteiger partial charge on any atom is 0.133 e. The normalized spacial score (nSPS) is 8.17. The van der Waals surface area contributed by atoms with E-state index in [-0.39, 0.29) is 0 Å². The highest BCUT2D eigenvalue weighted by Crippen LogP contribution is 1.46. The second kappa shape index (κ2) is 4.63. The van der Waals surface area contributed by atoms with Crippen molar-refractivity contribution in [3.8, 4) is 0 Å². The quantitative estimate of drug-likeness (QED) is 0.381. The molecule has 2 nitrogen and oxygen atoms in total. The van der Waals surface area contributed by atoms with Gasteiger partial charge in [-0.2, -0.15) is 0 Å². The summed E-state index contributed by atoms with van der Waals surface area (Å²) in [7, 11) is 0. The summed E-state index contributed by atoms with van der Waals surface area (Å²) in [4.78, 5) is 9.50. The number of likely N-dealkylation sites (N-methyl/N-ethyl adjacent to an activating group) is 1. The lowest BCUT2D eigenvalue weighted by molar-refractivity contribution is -0.107. The van der Waals surface area contributed by atoms with Gasteiger partial charge in [0.15, 0.2) is 0 Å². The van der Waals surface area contributed by atoms with Crippen molar-refractivity contribution in [2.75, 3.05) is 13.1 Å². The van der Waals surface area contributed by atoms with Crippen molar-refractivity contribution in [3.63, 3.8) is 0 Å². The summed E-state index contributed by atoms with van der Waals surface area (Å²) in [5, 5.41) is 2.83. The zero-order valence-electron chi connectivity index (χ0n) is 3.90. The molecular formula is C4H9NO. The maximum absolute atomic E-state index is 9.50. The van der Waals surface area contributed by atoms with Crippen LogP contribution >= 0.6 is 0 Å². The fourth-order valence-corrected chi connectivity index (χ4v) is 0.203. The first kappa shape index (κ1) is 5.63. The van der Waals surface area contributed by atoms with Gasteiger partial charge in [0.1, 0.15) is 6.29 Å². The first-order chi connectivity index (χ1) is 2.91. The van der Waals surface area contributed by atoms with Crippen molar-refractivity contribution in [1.29, 1.82) is 0 Å². The van der Waals surface area contributed by atoms with Crippen LogP contribution in [0.1, 0.15) is 6.92 Å². The van der Waals surface area contributed by atoms with E-state index in [9.17, 15) is 4.79 Å². The molecule has 0 saturated carbocycles.